The summed E-state index contributed by atoms with van der Waals surface area (Å²) in [6.45, 7) is 15.5. The number of hydrogen-bond donors (Lipinski definition) is 1. The first kappa shape index (κ1) is 15.5. The first-order valence-electron chi connectivity index (χ1n) is 7.54. The van der Waals surface area contributed by atoms with E-state index in [1.54, 1.807) is 11.3 Å². The fourth-order valence-electron chi connectivity index (χ4n) is 2.97. The number of nitrogens with zero attached hydrogens (tertiary/aromatic N) is 2. The van der Waals surface area contributed by atoms with Gasteiger partial charge in [-0.25, -0.2) is 4.98 Å². The number of rotatable bonds is 6. The van der Waals surface area contributed by atoms with Gasteiger partial charge in [0.2, 0.25) is 0 Å². The standard InChI is InChI=1S/C16H27N3S/c1-10(2)14(11(3)4)7-17-8-15-13(6)18-16-19(15)12(5)9-20-16/h9-11,14,17H,7-8H2,1-6H3. The minimum Gasteiger partial charge on any atom is -0.311 e. The molecule has 0 radical (unpaired) electrons. The number of fused-ring (bicyclic) bond motifs is 1. The third-order valence-corrected chi connectivity index (χ3v) is 5.16. The second kappa shape index (κ2) is 6.27. The lowest BCUT2D eigenvalue weighted by molar-refractivity contribution is 0.275. The van der Waals surface area contributed by atoms with Gasteiger partial charge in [0.05, 0.1) is 11.4 Å². The van der Waals surface area contributed by atoms with Gasteiger partial charge in [-0.1, -0.05) is 27.7 Å². The summed E-state index contributed by atoms with van der Waals surface area (Å²) in [5, 5.41) is 5.82. The Bertz CT molecular complexity index is 558. The van der Waals surface area contributed by atoms with Crippen molar-refractivity contribution in [2.75, 3.05) is 6.54 Å². The summed E-state index contributed by atoms with van der Waals surface area (Å²) < 4.78 is 2.28. The van der Waals surface area contributed by atoms with E-state index >= 15 is 0 Å². The van der Waals surface area contributed by atoms with E-state index in [-0.39, 0.29) is 0 Å². The van der Waals surface area contributed by atoms with Gasteiger partial charge in [0.1, 0.15) is 0 Å². The van der Waals surface area contributed by atoms with Gasteiger partial charge in [-0.15, -0.1) is 11.3 Å². The zero-order valence-corrected chi connectivity index (χ0v) is 14.3. The minimum atomic E-state index is 0.719. The van der Waals surface area contributed by atoms with Crippen molar-refractivity contribution in [3.63, 3.8) is 0 Å². The largest absolute Gasteiger partial charge is 0.311 e. The number of hydrogen-bond acceptors (Lipinski definition) is 3. The van der Waals surface area contributed by atoms with Gasteiger partial charge in [-0.2, -0.15) is 0 Å². The normalized spacial score (nSPS) is 12.4. The van der Waals surface area contributed by atoms with Crippen molar-refractivity contribution in [3.05, 3.63) is 22.5 Å². The van der Waals surface area contributed by atoms with Crippen molar-refractivity contribution in [1.29, 1.82) is 0 Å². The van der Waals surface area contributed by atoms with E-state index in [9.17, 15) is 0 Å². The van der Waals surface area contributed by atoms with Gasteiger partial charge in [-0.3, -0.25) is 4.40 Å². The lowest BCUT2D eigenvalue weighted by atomic mass is 9.85. The number of aryl methyl sites for hydroxylation is 2. The van der Waals surface area contributed by atoms with E-state index < -0.39 is 0 Å². The summed E-state index contributed by atoms with van der Waals surface area (Å²) in [5.41, 5.74) is 3.75. The molecule has 0 aromatic carbocycles. The summed E-state index contributed by atoms with van der Waals surface area (Å²) in [6.07, 6.45) is 0. The van der Waals surface area contributed by atoms with Crippen LogP contribution in [0.5, 0.6) is 0 Å². The van der Waals surface area contributed by atoms with Gasteiger partial charge < -0.3 is 5.32 Å². The van der Waals surface area contributed by atoms with Crippen LogP contribution in [-0.4, -0.2) is 15.9 Å². The van der Waals surface area contributed by atoms with E-state index in [1.165, 1.54) is 11.4 Å². The molecule has 0 spiro atoms. The van der Waals surface area contributed by atoms with E-state index in [1.807, 2.05) is 0 Å². The molecule has 0 unspecified atom stereocenters. The maximum atomic E-state index is 4.64. The molecule has 0 amide bonds. The second-order valence-corrected chi connectivity index (χ2v) is 7.26. The van der Waals surface area contributed by atoms with E-state index in [2.05, 4.69) is 61.6 Å². The van der Waals surface area contributed by atoms with E-state index in [0.29, 0.717) is 0 Å². The molecule has 2 aromatic rings. The van der Waals surface area contributed by atoms with Crippen LogP contribution in [0.25, 0.3) is 4.96 Å². The van der Waals surface area contributed by atoms with Gasteiger partial charge in [0.25, 0.3) is 0 Å². The number of aromatic nitrogens is 2. The molecule has 0 aliphatic carbocycles. The predicted octanol–water partition coefficient (Wildman–Crippen LogP) is 4.03. The molecule has 4 heteroatoms. The van der Waals surface area contributed by atoms with Gasteiger partial charge in [0.15, 0.2) is 4.96 Å². The summed E-state index contributed by atoms with van der Waals surface area (Å²) in [4.78, 5) is 5.76. The van der Waals surface area contributed by atoms with Crippen molar-refractivity contribution in [2.45, 2.75) is 48.1 Å². The molecule has 0 saturated heterocycles. The van der Waals surface area contributed by atoms with Crippen LogP contribution in [0, 0.1) is 31.6 Å². The molecule has 3 nitrogen and oxygen atoms in total. The van der Waals surface area contributed by atoms with Gasteiger partial charge in [-0.05, 0) is 38.1 Å². The molecule has 112 valence electrons. The Hall–Kier alpha value is -0.870. The highest BCUT2D eigenvalue weighted by atomic mass is 32.1. The minimum absolute atomic E-state index is 0.719. The molecule has 2 rings (SSSR count). The topological polar surface area (TPSA) is 29.3 Å². The average Bonchev–Trinajstić information content (AvgIpc) is 2.85. The fourth-order valence-corrected chi connectivity index (χ4v) is 3.90. The fraction of sp³-hybridized carbons (Fsp3) is 0.688. The van der Waals surface area contributed by atoms with Crippen molar-refractivity contribution in [2.24, 2.45) is 17.8 Å². The molecular formula is C16H27N3S. The van der Waals surface area contributed by atoms with Crippen LogP contribution in [0.3, 0.4) is 0 Å². The molecule has 0 saturated carbocycles. The monoisotopic (exact) mass is 293 g/mol. The van der Waals surface area contributed by atoms with Crippen molar-refractivity contribution >= 4 is 16.3 Å². The van der Waals surface area contributed by atoms with Crippen LogP contribution < -0.4 is 5.32 Å². The maximum absolute atomic E-state index is 4.64. The zero-order valence-electron chi connectivity index (χ0n) is 13.5. The van der Waals surface area contributed by atoms with Gasteiger partial charge >= 0.3 is 0 Å². The molecule has 0 fully saturated rings. The number of imidazole rings is 1. The molecule has 2 aromatic heterocycles. The lowest BCUT2D eigenvalue weighted by Crippen LogP contribution is -2.30. The summed E-state index contributed by atoms with van der Waals surface area (Å²) in [6, 6.07) is 0. The average molecular weight is 293 g/mol. The Kier molecular flexibility index (Phi) is 4.86. The Labute approximate surface area is 126 Å². The molecular weight excluding hydrogens is 266 g/mol. The summed E-state index contributed by atoms with van der Waals surface area (Å²) in [7, 11) is 0. The third-order valence-electron chi connectivity index (χ3n) is 4.21. The number of nitrogens with one attached hydrogen (secondary N) is 1. The van der Waals surface area contributed by atoms with Crippen LogP contribution in [0.15, 0.2) is 5.38 Å². The smallest absolute Gasteiger partial charge is 0.194 e. The van der Waals surface area contributed by atoms with Crippen LogP contribution in [0.2, 0.25) is 0 Å². The maximum Gasteiger partial charge on any atom is 0.194 e. The molecule has 0 bridgehead atoms. The first-order chi connectivity index (χ1) is 9.41. The van der Waals surface area contributed by atoms with Crippen molar-refractivity contribution in [1.82, 2.24) is 14.7 Å². The summed E-state index contributed by atoms with van der Waals surface area (Å²) in [5.74, 6) is 2.16. The van der Waals surface area contributed by atoms with Crippen LogP contribution in [-0.2, 0) is 6.54 Å². The zero-order chi connectivity index (χ0) is 14.9. The first-order valence-corrected chi connectivity index (χ1v) is 8.42. The van der Waals surface area contributed by atoms with Gasteiger partial charge in [0, 0.05) is 17.6 Å². The predicted molar refractivity (Wildman–Crippen MR) is 87.4 cm³/mol. The van der Waals surface area contributed by atoms with Crippen LogP contribution in [0.1, 0.15) is 44.8 Å². The Morgan fingerprint density at radius 2 is 1.85 bits per heavy atom. The molecule has 1 N–H and O–H groups in total. The second-order valence-electron chi connectivity index (χ2n) is 6.42. The molecule has 0 aliphatic rings. The highest BCUT2D eigenvalue weighted by molar-refractivity contribution is 7.15. The quantitative estimate of drug-likeness (QED) is 0.871. The lowest BCUT2D eigenvalue weighted by Gasteiger charge is -2.25. The van der Waals surface area contributed by atoms with Crippen LogP contribution in [0.4, 0.5) is 0 Å². The third kappa shape index (κ3) is 3.07. The summed E-state index contributed by atoms with van der Waals surface area (Å²) >= 11 is 1.72. The highest BCUT2D eigenvalue weighted by Gasteiger charge is 2.18. The Morgan fingerprint density at radius 3 is 2.45 bits per heavy atom. The molecule has 0 atom stereocenters. The van der Waals surface area contributed by atoms with Crippen molar-refractivity contribution in [3.8, 4) is 0 Å². The Balaban J connectivity index is 2.06. The van der Waals surface area contributed by atoms with E-state index in [4.69, 9.17) is 0 Å². The highest BCUT2D eigenvalue weighted by Crippen LogP contribution is 2.22. The SMILES string of the molecule is Cc1nc2scc(C)n2c1CNCC(C(C)C)C(C)C. The van der Waals surface area contributed by atoms with Crippen molar-refractivity contribution < 1.29 is 0 Å². The number of thiazole rings is 1. The molecule has 0 aliphatic heterocycles. The molecule has 2 heterocycles. The Morgan fingerprint density at radius 1 is 1.20 bits per heavy atom. The van der Waals surface area contributed by atoms with E-state index in [0.717, 1.165) is 41.5 Å². The van der Waals surface area contributed by atoms with Crippen LogP contribution >= 0.6 is 11.3 Å². The molecule has 20 heavy (non-hydrogen) atoms.